The molecule has 1 N–H and O–H groups in total. The fourth-order valence-corrected chi connectivity index (χ4v) is 3.57. The van der Waals surface area contributed by atoms with Crippen molar-refractivity contribution in [3.63, 3.8) is 0 Å². The zero-order valence-corrected chi connectivity index (χ0v) is 14.4. The van der Waals surface area contributed by atoms with Crippen LogP contribution in [-0.2, 0) is 0 Å². The predicted octanol–water partition coefficient (Wildman–Crippen LogP) is 4.31. The number of rotatable bonds is 4. The number of aromatic nitrogens is 2. The van der Waals surface area contributed by atoms with Gasteiger partial charge in [-0.05, 0) is 38.0 Å². The maximum atomic E-state index is 12.7. The molecule has 130 valence electrons. The Labute approximate surface area is 145 Å². The van der Waals surface area contributed by atoms with Gasteiger partial charge in [0, 0.05) is 17.0 Å². The molecule has 0 unspecified atom stereocenters. The Morgan fingerprint density at radius 1 is 1.32 bits per heavy atom. The lowest BCUT2D eigenvalue weighted by molar-refractivity contribution is 0.0996. The van der Waals surface area contributed by atoms with E-state index in [2.05, 4.69) is 10.4 Å². The fraction of sp³-hybridized carbons (Fsp3) is 0.368. The van der Waals surface area contributed by atoms with E-state index in [-0.39, 0.29) is 5.91 Å². The third kappa shape index (κ3) is 2.77. The number of aryl methyl sites for hydroxylation is 1. The first-order chi connectivity index (χ1) is 12.2. The molecule has 0 bridgehead atoms. The van der Waals surface area contributed by atoms with Gasteiger partial charge in [-0.3, -0.25) is 4.79 Å². The van der Waals surface area contributed by atoms with Crippen molar-refractivity contribution in [2.75, 3.05) is 12.4 Å². The maximum absolute atomic E-state index is 12.7. The van der Waals surface area contributed by atoms with Crippen LogP contribution in [0.1, 0.15) is 47.8 Å². The highest BCUT2D eigenvalue weighted by atomic mass is 16.5. The summed E-state index contributed by atoms with van der Waals surface area (Å²) >= 11 is 0. The molecule has 0 atom stereocenters. The van der Waals surface area contributed by atoms with E-state index in [0.717, 1.165) is 29.5 Å². The van der Waals surface area contributed by atoms with Crippen LogP contribution in [0.5, 0.6) is 5.75 Å². The molecule has 1 aliphatic carbocycles. The lowest BCUT2D eigenvalue weighted by Crippen LogP contribution is -2.17. The Balaban J connectivity index is 1.62. The van der Waals surface area contributed by atoms with Gasteiger partial charge >= 0.3 is 0 Å². The van der Waals surface area contributed by atoms with Gasteiger partial charge in [0.05, 0.1) is 19.3 Å². The summed E-state index contributed by atoms with van der Waals surface area (Å²) < 4.78 is 13.0. The van der Waals surface area contributed by atoms with Gasteiger partial charge < -0.3 is 14.5 Å². The Morgan fingerprint density at radius 2 is 2.12 bits per heavy atom. The Bertz CT molecular complexity index is 919. The standard InChI is InChI=1S/C19H21N3O3/c1-12-15-11-14(24-2)7-8-16(15)25-18(12)19(23)21-17-9-10-20-22(17)13-5-3-4-6-13/h7-11,13H,3-6H2,1-2H3,(H,21,23). The summed E-state index contributed by atoms with van der Waals surface area (Å²) in [6.07, 6.45) is 6.36. The molecule has 3 aromatic rings. The van der Waals surface area contributed by atoms with Crippen molar-refractivity contribution in [3.8, 4) is 5.75 Å². The van der Waals surface area contributed by atoms with Crippen LogP contribution < -0.4 is 10.1 Å². The minimum absolute atomic E-state index is 0.257. The summed E-state index contributed by atoms with van der Waals surface area (Å²) in [5.74, 6) is 1.52. The van der Waals surface area contributed by atoms with Crippen LogP contribution in [0.15, 0.2) is 34.9 Å². The van der Waals surface area contributed by atoms with E-state index < -0.39 is 0 Å². The largest absolute Gasteiger partial charge is 0.497 e. The van der Waals surface area contributed by atoms with Crippen molar-refractivity contribution in [2.24, 2.45) is 0 Å². The number of carbonyl (C=O) groups is 1. The molecule has 25 heavy (non-hydrogen) atoms. The summed E-state index contributed by atoms with van der Waals surface area (Å²) in [6, 6.07) is 7.72. The van der Waals surface area contributed by atoms with Crippen LogP contribution in [0.2, 0.25) is 0 Å². The smallest absolute Gasteiger partial charge is 0.292 e. The summed E-state index contributed by atoms with van der Waals surface area (Å²) in [4.78, 5) is 12.7. The van der Waals surface area contributed by atoms with Crippen molar-refractivity contribution < 1.29 is 13.9 Å². The topological polar surface area (TPSA) is 69.3 Å². The summed E-state index contributed by atoms with van der Waals surface area (Å²) in [6.45, 7) is 1.88. The average molecular weight is 339 g/mol. The highest BCUT2D eigenvalue weighted by Crippen LogP contribution is 2.32. The van der Waals surface area contributed by atoms with Gasteiger partial charge in [-0.2, -0.15) is 5.10 Å². The van der Waals surface area contributed by atoms with Gasteiger partial charge in [0.1, 0.15) is 17.2 Å². The summed E-state index contributed by atoms with van der Waals surface area (Å²) in [5.41, 5.74) is 1.48. The number of benzene rings is 1. The van der Waals surface area contributed by atoms with Crippen molar-refractivity contribution in [1.29, 1.82) is 0 Å². The van der Waals surface area contributed by atoms with Crippen molar-refractivity contribution in [3.05, 3.63) is 41.8 Å². The molecule has 1 saturated carbocycles. The van der Waals surface area contributed by atoms with Crippen LogP contribution in [0.3, 0.4) is 0 Å². The molecule has 0 radical (unpaired) electrons. The number of carbonyl (C=O) groups excluding carboxylic acids is 1. The first-order valence-electron chi connectivity index (χ1n) is 8.59. The highest BCUT2D eigenvalue weighted by molar-refractivity contribution is 6.06. The maximum Gasteiger partial charge on any atom is 0.292 e. The van der Waals surface area contributed by atoms with Crippen LogP contribution in [0.25, 0.3) is 11.0 Å². The van der Waals surface area contributed by atoms with Crippen LogP contribution in [0.4, 0.5) is 5.82 Å². The predicted molar refractivity (Wildman–Crippen MR) is 95.2 cm³/mol. The second-order valence-corrected chi connectivity index (χ2v) is 6.47. The SMILES string of the molecule is COc1ccc2oc(C(=O)Nc3ccnn3C3CCCC3)c(C)c2c1. The molecule has 6 nitrogen and oxygen atoms in total. The van der Waals surface area contributed by atoms with Gasteiger partial charge in [0.2, 0.25) is 0 Å². The monoisotopic (exact) mass is 339 g/mol. The molecule has 0 spiro atoms. The van der Waals surface area contributed by atoms with Gasteiger partial charge in [-0.25, -0.2) is 4.68 Å². The van der Waals surface area contributed by atoms with Crippen molar-refractivity contribution in [2.45, 2.75) is 38.6 Å². The van der Waals surface area contributed by atoms with E-state index in [0.29, 0.717) is 23.2 Å². The molecule has 0 aliphatic heterocycles. The van der Waals surface area contributed by atoms with E-state index >= 15 is 0 Å². The first kappa shape index (κ1) is 15.7. The molecule has 1 aromatic carbocycles. The molecular weight excluding hydrogens is 318 g/mol. The summed E-state index contributed by atoms with van der Waals surface area (Å²) in [5, 5.41) is 8.22. The van der Waals surface area contributed by atoms with Gasteiger partial charge in [0.15, 0.2) is 5.76 Å². The minimum atomic E-state index is -0.257. The van der Waals surface area contributed by atoms with Crippen molar-refractivity contribution in [1.82, 2.24) is 9.78 Å². The molecule has 2 heterocycles. The number of ether oxygens (including phenoxy) is 1. The van der Waals surface area contributed by atoms with Crippen LogP contribution in [0, 0.1) is 6.92 Å². The number of hydrogen-bond acceptors (Lipinski definition) is 4. The van der Waals surface area contributed by atoms with Crippen LogP contribution >= 0.6 is 0 Å². The minimum Gasteiger partial charge on any atom is -0.497 e. The Kier molecular flexibility index (Phi) is 3.95. The Morgan fingerprint density at radius 3 is 2.88 bits per heavy atom. The van der Waals surface area contributed by atoms with Crippen molar-refractivity contribution >= 4 is 22.7 Å². The lowest BCUT2D eigenvalue weighted by atomic mass is 10.1. The molecule has 2 aromatic heterocycles. The number of furan rings is 1. The zero-order valence-electron chi connectivity index (χ0n) is 14.4. The van der Waals surface area contributed by atoms with E-state index in [1.54, 1.807) is 13.3 Å². The number of hydrogen-bond donors (Lipinski definition) is 1. The first-order valence-corrected chi connectivity index (χ1v) is 8.59. The number of anilines is 1. The average Bonchev–Trinajstić information content (AvgIpc) is 3.35. The normalized spacial score (nSPS) is 15.0. The molecule has 6 heteroatoms. The molecule has 1 amide bonds. The quantitative estimate of drug-likeness (QED) is 0.769. The van der Waals surface area contributed by atoms with E-state index in [9.17, 15) is 4.79 Å². The third-order valence-corrected chi connectivity index (χ3v) is 4.93. The number of nitrogens with one attached hydrogen (secondary N) is 1. The van der Waals surface area contributed by atoms with E-state index in [1.165, 1.54) is 12.8 Å². The molecule has 1 fully saturated rings. The molecular formula is C19H21N3O3. The van der Waals surface area contributed by atoms with E-state index in [1.807, 2.05) is 35.9 Å². The summed E-state index contributed by atoms with van der Waals surface area (Å²) in [7, 11) is 1.62. The lowest BCUT2D eigenvalue weighted by Gasteiger charge is -2.14. The zero-order chi connectivity index (χ0) is 17.4. The van der Waals surface area contributed by atoms with Crippen LogP contribution in [-0.4, -0.2) is 22.8 Å². The number of nitrogens with zero attached hydrogens (tertiary/aromatic N) is 2. The van der Waals surface area contributed by atoms with Gasteiger partial charge in [-0.1, -0.05) is 12.8 Å². The number of fused-ring (bicyclic) bond motifs is 1. The number of amides is 1. The molecule has 1 aliphatic rings. The van der Waals surface area contributed by atoms with E-state index in [4.69, 9.17) is 9.15 Å². The van der Waals surface area contributed by atoms with Gasteiger partial charge in [0.25, 0.3) is 5.91 Å². The fourth-order valence-electron chi connectivity index (χ4n) is 3.57. The molecule has 4 rings (SSSR count). The highest BCUT2D eigenvalue weighted by Gasteiger charge is 2.23. The Hall–Kier alpha value is -2.76. The second-order valence-electron chi connectivity index (χ2n) is 6.47. The molecule has 0 saturated heterocycles. The second kappa shape index (κ2) is 6.27. The third-order valence-electron chi connectivity index (χ3n) is 4.93. The number of methoxy groups -OCH3 is 1. The van der Waals surface area contributed by atoms with Gasteiger partial charge in [-0.15, -0.1) is 0 Å².